The molecule has 0 aromatic heterocycles. The van der Waals surface area contributed by atoms with E-state index >= 15 is 4.39 Å². The van der Waals surface area contributed by atoms with Crippen LogP contribution in [-0.4, -0.2) is 44.7 Å². The van der Waals surface area contributed by atoms with E-state index in [0.29, 0.717) is 22.7 Å². The number of aromatic hydroxyl groups is 1. The number of amides is 1. The molecular weight excluding hydrogens is 430 g/mol. The first kappa shape index (κ1) is 21.2. The molecule has 1 atom stereocenters. The monoisotopic (exact) mass is 451 g/mol. The molecule has 0 unspecified atom stereocenters. The molecule has 3 N–H and O–H groups in total. The van der Waals surface area contributed by atoms with Crippen LogP contribution in [0.1, 0.15) is 36.8 Å². The van der Waals surface area contributed by atoms with Gasteiger partial charge in [-0.15, -0.1) is 0 Å². The molecular formula is C18H21F4N3O4S. The van der Waals surface area contributed by atoms with E-state index in [0.717, 1.165) is 0 Å². The molecule has 1 saturated heterocycles. The zero-order chi connectivity index (χ0) is 21.9. The lowest BCUT2D eigenvalue weighted by molar-refractivity contribution is -0.188. The Hall–Kier alpha value is -2.08. The lowest BCUT2D eigenvalue weighted by Gasteiger charge is -2.29. The molecule has 7 nitrogen and oxygen atoms in total. The van der Waals surface area contributed by atoms with Crippen LogP contribution in [-0.2, 0) is 27.8 Å². The Morgan fingerprint density at radius 1 is 1.33 bits per heavy atom. The summed E-state index contributed by atoms with van der Waals surface area (Å²) in [6.45, 7) is -0.502. The maximum Gasteiger partial charge on any atom is 0.394 e. The smallest absolute Gasteiger partial charge is 0.394 e. The molecule has 2 fully saturated rings. The lowest BCUT2D eigenvalue weighted by Crippen LogP contribution is -2.38. The Morgan fingerprint density at radius 2 is 2.03 bits per heavy atom. The summed E-state index contributed by atoms with van der Waals surface area (Å²) in [6.07, 6.45) is -2.94. The summed E-state index contributed by atoms with van der Waals surface area (Å²) in [5, 5.41) is 13.3. The summed E-state index contributed by atoms with van der Waals surface area (Å²) in [5.41, 5.74) is -1.50. The highest BCUT2D eigenvalue weighted by atomic mass is 32.2. The summed E-state index contributed by atoms with van der Waals surface area (Å²) >= 11 is 0. The molecule has 1 amide bonds. The molecule has 1 aromatic carbocycles. The molecule has 4 rings (SSSR count). The summed E-state index contributed by atoms with van der Waals surface area (Å²) in [6, 6.07) is 1.01. The van der Waals surface area contributed by atoms with E-state index in [-0.39, 0.29) is 43.8 Å². The van der Waals surface area contributed by atoms with E-state index in [9.17, 15) is 31.5 Å². The fraction of sp³-hybridized carbons (Fsp3) is 0.611. The third-order valence-corrected chi connectivity index (χ3v) is 7.57. The van der Waals surface area contributed by atoms with Crippen LogP contribution in [0.15, 0.2) is 6.07 Å². The maximum absolute atomic E-state index is 15.2. The summed E-state index contributed by atoms with van der Waals surface area (Å²) in [7, 11) is -4.30. The van der Waals surface area contributed by atoms with Crippen LogP contribution >= 0.6 is 0 Å². The predicted molar refractivity (Wildman–Crippen MR) is 98.6 cm³/mol. The predicted octanol–water partition coefficient (Wildman–Crippen LogP) is 1.89. The molecule has 0 radical (unpaired) electrons. The number of hydrogen-bond donors (Lipinski definition) is 3. The van der Waals surface area contributed by atoms with Crippen LogP contribution < -0.4 is 14.3 Å². The van der Waals surface area contributed by atoms with Crippen molar-refractivity contribution in [1.29, 1.82) is 0 Å². The highest BCUT2D eigenvalue weighted by Gasteiger charge is 2.62. The Balaban J connectivity index is 1.50. The zero-order valence-electron chi connectivity index (χ0n) is 15.9. The average molecular weight is 451 g/mol. The van der Waals surface area contributed by atoms with Crippen molar-refractivity contribution >= 4 is 21.8 Å². The van der Waals surface area contributed by atoms with Gasteiger partial charge in [-0.1, -0.05) is 0 Å². The van der Waals surface area contributed by atoms with Crippen LogP contribution in [0, 0.1) is 11.2 Å². The van der Waals surface area contributed by atoms with Gasteiger partial charge in [0, 0.05) is 6.04 Å². The molecule has 30 heavy (non-hydrogen) atoms. The molecule has 1 saturated carbocycles. The van der Waals surface area contributed by atoms with Gasteiger partial charge in [0.25, 0.3) is 5.91 Å². The fourth-order valence-corrected chi connectivity index (χ4v) is 5.40. The van der Waals surface area contributed by atoms with E-state index in [1.165, 1.54) is 6.07 Å². The minimum atomic E-state index is -4.30. The number of alkyl halides is 3. The third-order valence-electron chi connectivity index (χ3n) is 6.19. The molecule has 0 bridgehead atoms. The van der Waals surface area contributed by atoms with Crippen LogP contribution in [0.2, 0.25) is 0 Å². The summed E-state index contributed by atoms with van der Waals surface area (Å²) in [4.78, 5) is 11.5. The molecule has 12 heteroatoms. The molecule has 3 aliphatic rings. The van der Waals surface area contributed by atoms with Crippen LogP contribution in [0.4, 0.5) is 23.2 Å². The van der Waals surface area contributed by atoms with E-state index in [2.05, 4.69) is 5.32 Å². The van der Waals surface area contributed by atoms with Crippen LogP contribution in [0.25, 0.3) is 0 Å². The van der Waals surface area contributed by atoms with E-state index in [1.54, 1.807) is 4.72 Å². The number of rotatable bonds is 5. The van der Waals surface area contributed by atoms with E-state index < -0.39 is 51.5 Å². The van der Waals surface area contributed by atoms with Gasteiger partial charge in [0.05, 0.1) is 5.41 Å². The van der Waals surface area contributed by atoms with Crippen molar-refractivity contribution in [3.63, 3.8) is 0 Å². The first-order valence-corrected chi connectivity index (χ1v) is 11.0. The molecule has 1 aliphatic heterocycles. The van der Waals surface area contributed by atoms with Gasteiger partial charge in [0.15, 0.2) is 5.82 Å². The second-order valence-electron chi connectivity index (χ2n) is 8.15. The number of nitrogens with zero attached hydrogens (tertiary/aromatic N) is 1. The summed E-state index contributed by atoms with van der Waals surface area (Å²) in [5.74, 6) is -2.37. The number of phenols is 1. The number of nitrogens with one attached hydrogen (secondary N) is 2. The van der Waals surface area contributed by atoms with Gasteiger partial charge in [-0.05, 0) is 62.3 Å². The third kappa shape index (κ3) is 3.59. The van der Waals surface area contributed by atoms with Crippen molar-refractivity contribution in [3.05, 3.63) is 23.0 Å². The number of fused-ring (bicyclic) bond motifs is 1. The SMILES string of the molecule is O=C1CN(c2c(O)cc3c(c2F)C[C@H](NCCC2(C(F)(F)F)CC2)CC3)S(=O)(=O)N1. The van der Waals surface area contributed by atoms with Gasteiger partial charge >= 0.3 is 16.4 Å². The lowest BCUT2D eigenvalue weighted by atomic mass is 9.87. The fourth-order valence-electron chi connectivity index (χ4n) is 4.24. The first-order valence-electron chi connectivity index (χ1n) is 9.60. The number of phenolic OH excluding ortho intramolecular Hbond substituents is 1. The van der Waals surface area contributed by atoms with Crippen molar-refractivity contribution in [2.75, 3.05) is 17.4 Å². The van der Waals surface area contributed by atoms with Gasteiger partial charge in [0.2, 0.25) is 0 Å². The topological polar surface area (TPSA) is 98.7 Å². The van der Waals surface area contributed by atoms with Crippen molar-refractivity contribution < 1.29 is 35.9 Å². The summed E-state index contributed by atoms with van der Waals surface area (Å²) < 4.78 is 80.6. The number of aryl methyl sites for hydroxylation is 1. The van der Waals surface area contributed by atoms with Gasteiger partial charge in [-0.2, -0.15) is 21.6 Å². The van der Waals surface area contributed by atoms with Gasteiger partial charge in [0.1, 0.15) is 18.0 Å². The van der Waals surface area contributed by atoms with E-state index in [4.69, 9.17) is 0 Å². The highest BCUT2D eigenvalue weighted by Crippen LogP contribution is 2.59. The van der Waals surface area contributed by atoms with Crippen molar-refractivity contribution in [2.24, 2.45) is 5.41 Å². The van der Waals surface area contributed by atoms with Crippen LogP contribution in [0.5, 0.6) is 5.75 Å². The minimum Gasteiger partial charge on any atom is -0.506 e. The van der Waals surface area contributed by atoms with Gasteiger partial charge in [-0.25, -0.2) is 13.4 Å². The Kier molecular flexibility index (Phi) is 4.92. The second kappa shape index (κ2) is 6.98. The first-order chi connectivity index (χ1) is 13.9. The number of hydrogen-bond acceptors (Lipinski definition) is 5. The largest absolute Gasteiger partial charge is 0.506 e. The Bertz CT molecular complexity index is 992. The average Bonchev–Trinajstić information content (AvgIpc) is 3.37. The molecule has 0 spiro atoms. The van der Waals surface area contributed by atoms with Crippen LogP contribution in [0.3, 0.4) is 0 Å². The highest BCUT2D eigenvalue weighted by molar-refractivity contribution is 7.92. The minimum absolute atomic E-state index is 0.0387. The van der Waals surface area contributed by atoms with Crippen molar-refractivity contribution in [3.8, 4) is 5.75 Å². The normalized spacial score (nSPS) is 24.5. The molecule has 2 aliphatic carbocycles. The standard InChI is InChI=1S/C18H21F4N3O4S/c19-15-12-8-11(23-6-5-17(3-4-17)18(20,21)22)2-1-10(12)7-13(26)16(15)25-9-14(27)24-30(25,28)29/h7,11,23,26H,1-6,8-9H2,(H,24,27)/t11-/m1/s1. The zero-order valence-corrected chi connectivity index (χ0v) is 16.7. The number of halogens is 4. The number of carbonyl (C=O) groups is 1. The van der Waals surface area contributed by atoms with Crippen molar-refractivity contribution in [2.45, 2.75) is 50.7 Å². The van der Waals surface area contributed by atoms with Crippen molar-refractivity contribution in [1.82, 2.24) is 10.0 Å². The maximum atomic E-state index is 15.2. The van der Waals surface area contributed by atoms with Gasteiger partial charge < -0.3 is 10.4 Å². The number of carbonyl (C=O) groups excluding carboxylic acids is 1. The molecule has 166 valence electrons. The van der Waals surface area contributed by atoms with Gasteiger partial charge in [-0.3, -0.25) is 4.79 Å². The Labute approximate surface area is 170 Å². The Morgan fingerprint density at radius 3 is 2.60 bits per heavy atom. The molecule has 1 aromatic rings. The number of benzene rings is 1. The quantitative estimate of drug-likeness (QED) is 0.594. The molecule has 1 heterocycles. The van der Waals surface area contributed by atoms with E-state index in [1.807, 2.05) is 0 Å². The second-order valence-corrected chi connectivity index (χ2v) is 9.75. The number of anilines is 1.